The van der Waals surface area contributed by atoms with Gasteiger partial charge in [-0.3, -0.25) is 4.98 Å². The Balaban J connectivity index is 1.27. The summed E-state index contributed by atoms with van der Waals surface area (Å²) in [4.78, 5) is 8.86. The fourth-order valence-corrected chi connectivity index (χ4v) is 5.53. The highest BCUT2D eigenvalue weighted by Gasteiger charge is 2.34. The van der Waals surface area contributed by atoms with Gasteiger partial charge >= 0.3 is 0 Å². The van der Waals surface area contributed by atoms with Crippen molar-refractivity contribution in [1.29, 1.82) is 0 Å². The first-order chi connectivity index (χ1) is 14.8. The Kier molecular flexibility index (Phi) is 4.34. The van der Waals surface area contributed by atoms with Crippen molar-refractivity contribution in [2.75, 3.05) is 0 Å². The number of aliphatic hydroxyl groups is 1. The first-order valence-corrected chi connectivity index (χ1v) is 11.3. The standard InChI is InChI=1S/C26H27N3O/c30-26(25-22(18-5-6-18)12-11-20-15-27-16-29(20)25)19-9-7-17(8-10-19)21-13-14-28-24-4-2-1-3-23(21)24/h1-4,11-19,26,30H,5-10H2/t17?,19?,26-/m0/s1. The molecule has 6 rings (SSSR count). The van der Waals surface area contributed by atoms with Crippen LogP contribution in [0.5, 0.6) is 0 Å². The van der Waals surface area contributed by atoms with Crippen LogP contribution < -0.4 is 0 Å². The van der Waals surface area contributed by atoms with Crippen molar-refractivity contribution in [1.82, 2.24) is 14.4 Å². The van der Waals surface area contributed by atoms with Crippen LogP contribution in [0, 0.1) is 5.92 Å². The molecule has 0 bridgehead atoms. The zero-order valence-electron chi connectivity index (χ0n) is 17.1. The van der Waals surface area contributed by atoms with Crippen LogP contribution in [0.15, 0.2) is 61.2 Å². The summed E-state index contributed by atoms with van der Waals surface area (Å²) in [5.41, 5.74) is 5.99. The van der Waals surface area contributed by atoms with E-state index < -0.39 is 6.10 Å². The zero-order chi connectivity index (χ0) is 20.1. The van der Waals surface area contributed by atoms with Crippen molar-refractivity contribution >= 4 is 16.4 Å². The molecule has 2 saturated carbocycles. The van der Waals surface area contributed by atoms with E-state index in [1.54, 1.807) is 0 Å². The maximum absolute atomic E-state index is 11.5. The predicted molar refractivity (Wildman–Crippen MR) is 119 cm³/mol. The molecule has 0 amide bonds. The monoisotopic (exact) mass is 397 g/mol. The van der Waals surface area contributed by atoms with Gasteiger partial charge in [0.1, 0.15) is 0 Å². The number of rotatable bonds is 4. The number of benzene rings is 1. The van der Waals surface area contributed by atoms with E-state index in [0.29, 0.717) is 17.8 Å². The zero-order valence-corrected chi connectivity index (χ0v) is 17.1. The minimum Gasteiger partial charge on any atom is -0.387 e. The van der Waals surface area contributed by atoms with Crippen LogP contribution in [0.1, 0.15) is 73.3 Å². The lowest BCUT2D eigenvalue weighted by atomic mass is 9.75. The lowest BCUT2D eigenvalue weighted by molar-refractivity contribution is 0.0755. The minimum absolute atomic E-state index is 0.305. The molecular formula is C26H27N3O. The van der Waals surface area contributed by atoms with Crippen molar-refractivity contribution in [3.05, 3.63) is 78.0 Å². The van der Waals surface area contributed by atoms with Crippen LogP contribution in [0.2, 0.25) is 0 Å². The SMILES string of the molecule is O[C@H](c1c(C2CC2)ccc2cncn12)C1CCC(c2ccnc3ccccc23)CC1. The average Bonchev–Trinajstić information content (AvgIpc) is 3.54. The molecule has 0 saturated heterocycles. The van der Waals surface area contributed by atoms with Crippen molar-refractivity contribution in [2.24, 2.45) is 5.92 Å². The Bertz CT molecular complexity index is 1200. The molecule has 2 aliphatic carbocycles. The Morgan fingerprint density at radius 3 is 2.47 bits per heavy atom. The maximum Gasteiger partial charge on any atom is 0.0995 e. The molecule has 30 heavy (non-hydrogen) atoms. The highest BCUT2D eigenvalue weighted by atomic mass is 16.3. The third-order valence-electron chi connectivity index (χ3n) is 7.29. The van der Waals surface area contributed by atoms with Gasteiger partial charge in [0.05, 0.1) is 35.4 Å². The summed E-state index contributed by atoms with van der Waals surface area (Å²) in [6, 6.07) is 15.0. The molecule has 4 heteroatoms. The van der Waals surface area contributed by atoms with Crippen LogP contribution in [0.4, 0.5) is 0 Å². The van der Waals surface area contributed by atoms with E-state index >= 15 is 0 Å². The number of hydrogen-bond acceptors (Lipinski definition) is 3. The number of nitrogens with zero attached hydrogens (tertiary/aromatic N) is 3. The quantitative estimate of drug-likeness (QED) is 0.476. The Hall–Kier alpha value is -2.72. The van der Waals surface area contributed by atoms with Gasteiger partial charge in [-0.05, 0) is 85.6 Å². The van der Waals surface area contributed by atoms with Crippen molar-refractivity contribution in [3.8, 4) is 0 Å². The van der Waals surface area contributed by atoms with Gasteiger partial charge in [0.25, 0.3) is 0 Å². The van der Waals surface area contributed by atoms with Crippen LogP contribution in [-0.2, 0) is 0 Å². The van der Waals surface area contributed by atoms with Crippen LogP contribution in [0.3, 0.4) is 0 Å². The summed E-state index contributed by atoms with van der Waals surface area (Å²) in [6.45, 7) is 0. The second-order valence-electron chi connectivity index (χ2n) is 9.11. The molecule has 0 radical (unpaired) electrons. The molecule has 0 aliphatic heterocycles. The lowest BCUT2D eigenvalue weighted by Crippen LogP contribution is -2.22. The number of aliphatic hydroxyl groups excluding tert-OH is 1. The Labute approximate surface area is 176 Å². The molecule has 0 unspecified atom stereocenters. The molecular weight excluding hydrogens is 370 g/mol. The molecule has 1 atom stereocenters. The van der Waals surface area contributed by atoms with E-state index in [2.05, 4.69) is 56.8 Å². The molecule has 1 N–H and O–H groups in total. The van der Waals surface area contributed by atoms with Gasteiger partial charge in [-0.15, -0.1) is 0 Å². The van der Waals surface area contributed by atoms with E-state index in [1.165, 1.54) is 29.4 Å². The number of pyridine rings is 2. The fraction of sp³-hybridized carbons (Fsp3) is 0.385. The largest absolute Gasteiger partial charge is 0.387 e. The highest BCUT2D eigenvalue weighted by molar-refractivity contribution is 5.82. The van der Waals surface area contributed by atoms with Crippen LogP contribution in [-0.4, -0.2) is 19.5 Å². The average molecular weight is 398 g/mol. The number of hydrogen-bond donors (Lipinski definition) is 1. The summed E-state index contributed by atoms with van der Waals surface area (Å²) in [7, 11) is 0. The molecule has 1 aromatic carbocycles. The summed E-state index contributed by atoms with van der Waals surface area (Å²) in [5, 5.41) is 12.8. The second-order valence-corrected chi connectivity index (χ2v) is 9.11. The summed E-state index contributed by atoms with van der Waals surface area (Å²) in [5.74, 6) is 1.47. The van der Waals surface area contributed by atoms with Crippen LogP contribution in [0.25, 0.3) is 16.4 Å². The smallest absolute Gasteiger partial charge is 0.0995 e. The second kappa shape index (κ2) is 7.21. The molecule has 152 valence electrons. The third-order valence-corrected chi connectivity index (χ3v) is 7.29. The van der Waals surface area contributed by atoms with Gasteiger partial charge in [0.15, 0.2) is 0 Å². The highest BCUT2D eigenvalue weighted by Crippen LogP contribution is 2.47. The number of fused-ring (bicyclic) bond motifs is 2. The molecule has 4 nitrogen and oxygen atoms in total. The summed E-state index contributed by atoms with van der Waals surface area (Å²) < 4.78 is 2.13. The molecule has 2 aliphatic rings. The summed E-state index contributed by atoms with van der Waals surface area (Å²) >= 11 is 0. The Morgan fingerprint density at radius 2 is 1.63 bits per heavy atom. The molecule has 2 fully saturated rings. The van der Waals surface area contributed by atoms with Gasteiger partial charge < -0.3 is 9.51 Å². The van der Waals surface area contributed by atoms with E-state index in [1.807, 2.05) is 18.7 Å². The third kappa shape index (κ3) is 3.02. The first-order valence-electron chi connectivity index (χ1n) is 11.3. The number of imidazole rings is 1. The van der Waals surface area contributed by atoms with Crippen molar-refractivity contribution < 1.29 is 5.11 Å². The number of aromatic nitrogens is 3. The van der Waals surface area contributed by atoms with Gasteiger partial charge in [0, 0.05) is 11.6 Å². The maximum atomic E-state index is 11.5. The van der Waals surface area contributed by atoms with E-state index in [-0.39, 0.29) is 0 Å². The van der Waals surface area contributed by atoms with Crippen LogP contribution >= 0.6 is 0 Å². The van der Waals surface area contributed by atoms with E-state index in [0.717, 1.165) is 42.4 Å². The van der Waals surface area contributed by atoms with E-state index in [4.69, 9.17) is 0 Å². The number of para-hydroxylation sites is 1. The Morgan fingerprint density at radius 1 is 0.867 bits per heavy atom. The van der Waals surface area contributed by atoms with Gasteiger partial charge in [-0.2, -0.15) is 0 Å². The fourth-order valence-electron chi connectivity index (χ4n) is 5.53. The van der Waals surface area contributed by atoms with Crippen molar-refractivity contribution in [2.45, 2.75) is 56.5 Å². The van der Waals surface area contributed by atoms with Crippen molar-refractivity contribution in [3.63, 3.8) is 0 Å². The van der Waals surface area contributed by atoms with Gasteiger partial charge in [0.2, 0.25) is 0 Å². The predicted octanol–water partition coefficient (Wildman–Crippen LogP) is 5.77. The minimum atomic E-state index is -0.423. The summed E-state index contributed by atoms with van der Waals surface area (Å²) in [6.07, 6.45) is 12.1. The first kappa shape index (κ1) is 18.1. The molecule has 3 heterocycles. The van der Waals surface area contributed by atoms with Gasteiger partial charge in [-0.25, -0.2) is 4.98 Å². The van der Waals surface area contributed by atoms with Gasteiger partial charge in [-0.1, -0.05) is 24.3 Å². The topological polar surface area (TPSA) is 50.4 Å². The molecule has 3 aromatic heterocycles. The lowest BCUT2D eigenvalue weighted by Gasteiger charge is -2.33. The van der Waals surface area contributed by atoms with E-state index in [9.17, 15) is 5.11 Å². The molecule has 0 spiro atoms. The molecule has 4 aromatic rings. The normalized spacial score (nSPS) is 23.1.